The first-order valence-corrected chi connectivity index (χ1v) is 6.50. The average molecular weight is 266 g/mol. The molecule has 1 unspecified atom stereocenters. The maximum absolute atomic E-state index is 5.69. The minimum absolute atomic E-state index is 0.0715. The lowest BCUT2D eigenvalue weighted by Gasteiger charge is -2.21. The van der Waals surface area contributed by atoms with Gasteiger partial charge in [0.1, 0.15) is 0 Å². The van der Waals surface area contributed by atoms with Gasteiger partial charge in [-0.3, -0.25) is 11.3 Å². The Hall–Kier alpha value is -1.46. The van der Waals surface area contributed by atoms with Gasteiger partial charge in [0.05, 0.1) is 27.4 Å². The van der Waals surface area contributed by atoms with Crippen LogP contribution < -0.4 is 25.5 Å². The van der Waals surface area contributed by atoms with Gasteiger partial charge in [0, 0.05) is 5.56 Å². The van der Waals surface area contributed by atoms with Crippen molar-refractivity contribution in [2.45, 2.75) is 25.3 Å². The third kappa shape index (κ3) is 2.93. The highest BCUT2D eigenvalue weighted by atomic mass is 16.5. The van der Waals surface area contributed by atoms with Gasteiger partial charge >= 0.3 is 0 Å². The molecule has 2 rings (SSSR count). The molecule has 0 spiro atoms. The predicted octanol–water partition coefficient (Wildman–Crippen LogP) is 2.02. The number of hydrogen-bond acceptors (Lipinski definition) is 5. The summed E-state index contributed by atoms with van der Waals surface area (Å²) in [6.45, 7) is 0. The van der Waals surface area contributed by atoms with Gasteiger partial charge in [-0.25, -0.2) is 0 Å². The standard InChI is InChI=1S/C14H22N2O3/c1-17-12-7-6-10(13(18-2)14(12)19-3)11(16-15)8-9-4-5-9/h6-7,9,11,16H,4-5,8,15H2,1-3H3. The lowest BCUT2D eigenvalue weighted by atomic mass is 10.00. The van der Waals surface area contributed by atoms with Crippen LogP contribution in [0.25, 0.3) is 0 Å². The third-order valence-corrected chi connectivity index (χ3v) is 3.58. The van der Waals surface area contributed by atoms with E-state index in [0.717, 1.165) is 17.9 Å². The summed E-state index contributed by atoms with van der Waals surface area (Å²) in [5, 5.41) is 0. The van der Waals surface area contributed by atoms with E-state index in [4.69, 9.17) is 20.1 Å². The number of hydrazine groups is 1. The molecule has 1 aliphatic rings. The van der Waals surface area contributed by atoms with Crippen molar-refractivity contribution < 1.29 is 14.2 Å². The topological polar surface area (TPSA) is 65.7 Å². The first-order chi connectivity index (χ1) is 9.24. The summed E-state index contributed by atoms with van der Waals surface area (Å²) < 4.78 is 16.2. The fraction of sp³-hybridized carbons (Fsp3) is 0.571. The highest BCUT2D eigenvalue weighted by Crippen LogP contribution is 2.45. The van der Waals surface area contributed by atoms with Crippen LogP contribution in [0.5, 0.6) is 17.2 Å². The Morgan fingerprint density at radius 2 is 1.84 bits per heavy atom. The molecule has 1 aromatic rings. The van der Waals surface area contributed by atoms with Gasteiger partial charge in [-0.2, -0.15) is 0 Å². The molecule has 1 fully saturated rings. The second kappa shape index (κ2) is 6.12. The van der Waals surface area contributed by atoms with Crippen molar-refractivity contribution in [3.63, 3.8) is 0 Å². The quantitative estimate of drug-likeness (QED) is 0.584. The van der Waals surface area contributed by atoms with Crippen molar-refractivity contribution in [2.24, 2.45) is 11.8 Å². The molecule has 0 amide bonds. The molecule has 1 aliphatic carbocycles. The number of rotatable bonds is 7. The van der Waals surface area contributed by atoms with Crippen LogP contribution in [-0.4, -0.2) is 21.3 Å². The van der Waals surface area contributed by atoms with E-state index in [-0.39, 0.29) is 6.04 Å². The summed E-state index contributed by atoms with van der Waals surface area (Å²) in [5.41, 5.74) is 3.89. The van der Waals surface area contributed by atoms with E-state index in [9.17, 15) is 0 Å². The maximum atomic E-state index is 5.69. The summed E-state index contributed by atoms with van der Waals surface area (Å²) in [4.78, 5) is 0. The third-order valence-electron chi connectivity index (χ3n) is 3.58. The number of hydrogen-bond donors (Lipinski definition) is 2. The van der Waals surface area contributed by atoms with Gasteiger partial charge in [0.2, 0.25) is 5.75 Å². The second-order valence-corrected chi connectivity index (χ2v) is 4.82. The lowest BCUT2D eigenvalue weighted by Crippen LogP contribution is -2.28. The zero-order chi connectivity index (χ0) is 13.8. The van der Waals surface area contributed by atoms with Gasteiger partial charge in [-0.15, -0.1) is 0 Å². The molecular formula is C14H22N2O3. The van der Waals surface area contributed by atoms with E-state index in [0.29, 0.717) is 17.2 Å². The van der Waals surface area contributed by atoms with Crippen LogP contribution in [0.4, 0.5) is 0 Å². The number of ether oxygens (including phenoxy) is 3. The van der Waals surface area contributed by atoms with E-state index in [1.807, 2.05) is 12.1 Å². The predicted molar refractivity (Wildman–Crippen MR) is 73.5 cm³/mol. The molecule has 5 nitrogen and oxygen atoms in total. The van der Waals surface area contributed by atoms with Gasteiger partial charge < -0.3 is 14.2 Å². The van der Waals surface area contributed by atoms with Crippen molar-refractivity contribution in [2.75, 3.05) is 21.3 Å². The van der Waals surface area contributed by atoms with Crippen LogP contribution in [0.1, 0.15) is 30.9 Å². The van der Waals surface area contributed by atoms with Gasteiger partial charge in [0.25, 0.3) is 0 Å². The number of nitrogens with two attached hydrogens (primary N) is 1. The molecule has 1 aromatic carbocycles. The van der Waals surface area contributed by atoms with Crippen LogP contribution in [-0.2, 0) is 0 Å². The molecule has 5 heteroatoms. The Morgan fingerprint density at radius 1 is 1.16 bits per heavy atom. The van der Waals surface area contributed by atoms with Crippen LogP contribution in [0.15, 0.2) is 12.1 Å². The number of benzene rings is 1. The van der Waals surface area contributed by atoms with E-state index in [2.05, 4.69) is 5.43 Å². The second-order valence-electron chi connectivity index (χ2n) is 4.82. The minimum atomic E-state index is 0.0715. The molecular weight excluding hydrogens is 244 g/mol. The molecule has 0 aliphatic heterocycles. The fourth-order valence-electron chi connectivity index (χ4n) is 2.37. The largest absolute Gasteiger partial charge is 0.493 e. The smallest absolute Gasteiger partial charge is 0.203 e. The summed E-state index contributed by atoms with van der Waals surface area (Å²) >= 11 is 0. The van der Waals surface area contributed by atoms with Crippen LogP contribution in [0.3, 0.4) is 0 Å². The van der Waals surface area contributed by atoms with Gasteiger partial charge in [-0.1, -0.05) is 12.8 Å². The molecule has 1 saturated carbocycles. The van der Waals surface area contributed by atoms with Crippen molar-refractivity contribution in [3.05, 3.63) is 17.7 Å². The monoisotopic (exact) mass is 266 g/mol. The van der Waals surface area contributed by atoms with Crippen molar-refractivity contribution in [1.29, 1.82) is 0 Å². The number of methoxy groups -OCH3 is 3. The Morgan fingerprint density at radius 3 is 2.32 bits per heavy atom. The Bertz CT molecular complexity index is 433. The highest BCUT2D eigenvalue weighted by molar-refractivity contribution is 5.56. The molecule has 106 valence electrons. The molecule has 0 radical (unpaired) electrons. The summed E-state index contributed by atoms with van der Waals surface area (Å²) in [6, 6.07) is 3.93. The summed E-state index contributed by atoms with van der Waals surface area (Å²) in [5.74, 6) is 8.40. The van der Waals surface area contributed by atoms with Crippen molar-refractivity contribution in [3.8, 4) is 17.2 Å². The number of nitrogens with one attached hydrogen (secondary N) is 1. The summed E-state index contributed by atoms with van der Waals surface area (Å²) in [6.07, 6.45) is 3.59. The van der Waals surface area contributed by atoms with Crippen LogP contribution in [0, 0.1) is 5.92 Å². The molecule has 19 heavy (non-hydrogen) atoms. The Balaban J connectivity index is 2.36. The van der Waals surface area contributed by atoms with Gasteiger partial charge in [0.15, 0.2) is 11.5 Å². The van der Waals surface area contributed by atoms with Crippen molar-refractivity contribution >= 4 is 0 Å². The molecule has 0 aromatic heterocycles. The van der Waals surface area contributed by atoms with Crippen LogP contribution >= 0.6 is 0 Å². The molecule has 0 heterocycles. The van der Waals surface area contributed by atoms with E-state index in [1.165, 1.54) is 12.8 Å². The lowest BCUT2D eigenvalue weighted by molar-refractivity contribution is 0.317. The van der Waals surface area contributed by atoms with E-state index in [1.54, 1.807) is 21.3 Å². The normalized spacial score (nSPS) is 16.0. The molecule has 0 saturated heterocycles. The first-order valence-electron chi connectivity index (χ1n) is 6.50. The Labute approximate surface area is 114 Å². The molecule has 3 N–H and O–H groups in total. The zero-order valence-corrected chi connectivity index (χ0v) is 11.7. The van der Waals surface area contributed by atoms with Crippen molar-refractivity contribution in [1.82, 2.24) is 5.43 Å². The first kappa shape index (κ1) is 14.0. The Kier molecular flexibility index (Phi) is 4.50. The van der Waals surface area contributed by atoms with Gasteiger partial charge in [-0.05, 0) is 24.5 Å². The highest BCUT2D eigenvalue weighted by Gasteiger charge is 2.28. The minimum Gasteiger partial charge on any atom is -0.493 e. The average Bonchev–Trinajstić information content (AvgIpc) is 3.26. The molecule has 1 atom stereocenters. The summed E-state index contributed by atoms with van der Waals surface area (Å²) in [7, 11) is 4.85. The maximum Gasteiger partial charge on any atom is 0.203 e. The molecule has 0 bridgehead atoms. The zero-order valence-electron chi connectivity index (χ0n) is 11.7. The van der Waals surface area contributed by atoms with Crippen LogP contribution in [0.2, 0.25) is 0 Å². The fourth-order valence-corrected chi connectivity index (χ4v) is 2.37. The SMILES string of the molecule is COc1ccc(C(CC2CC2)NN)c(OC)c1OC. The van der Waals surface area contributed by atoms with E-state index < -0.39 is 0 Å². The van der Waals surface area contributed by atoms with E-state index >= 15 is 0 Å².